The number of aldehydes is 1. The highest BCUT2D eigenvalue weighted by Gasteiger charge is 2.12. The van der Waals surface area contributed by atoms with E-state index in [1.807, 2.05) is 49.4 Å². The normalized spacial score (nSPS) is 10.8. The zero-order chi connectivity index (χ0) is 16.9. The van der Waals surface area contributed by atoms with Gasteiger partial charge in [0, 0.05) is 28.7 Å². The van der Waals surface area contributed by atoms with Gasteiger partial charge in [-0.2, -0.15) is 0 Å². The lowest BCUT2D eigenvalue weighted by Gasteiger charge is -2.12. The Balaban J connectivity index is 1.70. The van der Waals surface area contributed by atoms with Crippen LogP contribution in [0.1, 0.15) is 22.5 Å². The van der Waals surface area contributed by atoms with Gasteiger partial charge in [-0.3, -0.25) is 4.79 Å². The smallest absolute Gasteiger partial charge is 0.161 e. The van der Waals surface area contributed by atoms with Gasteiger partial charge in [-0.1, -0.05) is 30.3 Å². The number of rotatable bonds is 7. The van der Waals surface area contributed by atoms with Gasteiger partial charge in [-0.15, -0.1) is 0 Å². The van der Waals surface area contributed by atoms with Crippen LogP contribution >= 0.6 is 0 Å². The third-order valence-corrected chi connectivity index (χ3v) is 4.25. The monoisotopic (exact) mass is 323 g/mol. The standard InChI is InChI=1S/C20H21NO3/c1-15-17(14-22)16-8-3-4-9-18(16)21(15)12-7-13-24-20-11-6-5-10-19(20)23-2/h3-6,8-11,14H,7,12-13H2,1-2H3. The van der Waals surface area contributed by atoms with Gasteiger partial charge in [-0.05, 0) is 31.5 Å². The fraction of sp³-hybridized carbons (Fsp3) is 0.250. The molecule has 3 rings (SSSR count). The summed E-state index contributed by atoms with van der Waals surface area (Å²) in [7, 11) is 1.64. The highest BCUT2D eigenvalue weighted by Crippen LogP contribution is 2.27. The van der Waals surface area contributed by atoms with Gasteiger partial charge in [0.15, 0.2) is 17.8 Å². The first-order chi connectivity index (χ1) is 11.8. The van der Waals surface area contributed by atoms with Crippen LogP contribution in [-0.2, 0) is 6.54 Å². The van der Waals surface area contributed by atoms with E-state index in [9.17, 15) is 4.79 Å². The van der Waals surface area contributed by atoms with E-state index in [2.05, 4.69) is 10.6 Å². The number of hydrogen-bond acceptors (Lipinski definition) is 3. The van der Waals surface area contributed by atoms with Crippen LogP contribution in [0.15, 0.2) is 48.5 Å². The second-order valence-corrected chi connectivity index (χ2v) is 5.64. The topological polar surface area (TPSA) is 40.5 Å². The molecule has 0 amide bonds. The fourth-order valence-corrected chi connectivity index (χ4v) is 3.04. The molecule has 1 aromatic heterocycles. The molecule has 0 aliphatic rings. The molecule has 1 heterocycles. The van der Waals surface area contributed by atoms with Gasteiger partial charge >= 0.3 is 0 Å². The van der Waals surface area contributed by atoms with Crippen molar-refractivity contribution in [2.45, 2.75) is 19.9 Å². The van der Waals surface area contributed by atoms with E-state index in [0.29, 0.717) is 6.61 Å². The molecule has 4 nitrogen and oxygen atoms in total. The molecule has 0 spiro atoms. The molecular weight excluding hydrogens is 302 g/mol. The van der Waals surface area contributed by atoms with Gasteiger partial charge in [0.2, 0.25) is 0 Å². The maximum atomic E-state index is 11.4. The van der Waals surface area contributed by atoms with Crippen molar-refractivity contribution in [3.63, 3.8) is 0 Å². The molecule has 0 aliphatic carbocycles. The number of methoxy groups -OCH3 is 1. The van der Waals surface area contributed by atoms with Gasteiger partial charge in [0.25, 0.3) is 0 Å². The first kappa shape index (κ1) is 16.1. The Labute approximate surface area is 141 Å². The Morgan fingerprint density at radius 1 is 1.04 bits per heavy atom. The van der Waals surface area contributed by atoms with Crippen LogP contribution in [0.3, 0.4) is 0 Å². The third-order valence-electron chi connectivity index (χ3n) is 4.25. The summed E-state index contributed by atoms with van der Waals surface area (Å²) in [5.74, 6) is 1.49. The highest BCUT2D eigenvalue weighted by molar-refractivity contribution is 5.99. The molecule has 4 heteroatoms. The number of aryl methyl sites for hydroxylation is 1. The highest BCUT2D eigenvalue weighted by atomic mass is 16.5. The van der Waals surface area contributed by atoms with E-state index in [4.69, 9.17) is 9.47 Å². The Morgan fingerprint density at radius 3 is 2.50 bits per heavy atom. The van der Waals surface area contributed by atoms with Gasteiger partial charge in [0.1, 0.15) is 0 Å². The van der Waals surface area contributed by atoms with Crippen LogP contribution in [0.2, 0.25) is 0 Å². The average Bonchev–Trinajstić information content (AvgIpc) is 2.90. The van der Waals surface area contributed by atoms with Crippen molar-refractivity contribution < 1.29 is 14.3 Å². The Morgan fingerprint density at radius 2 is 1.75 bits per heavy atom. The van der Waals surface area contributed by atoms with Crippen molar-refractivity contribution in [1.29, 1.82) is 0 Å². The summed E-state index contributed by atoms with van der Waals surface area (Å²) in [5, 5.41) is 1.01. The van der Waals surface area contributed by atoms with Gasteiger partial charge in [-0.25, -0.2) is 0 Å². The van der Waals surface area contributed by atoms with Gasteiger partial charge < -0.3 is 14.0 Å². The molecule has 2 aromatic carbocycles. The molecular formula is C20H21NO3. The number of carbonyl (C=O) groups is 1. The summed E-state index contributed by atoms with van der Waals surface area (Å²) in [6.07, 6.45) is 1.79. The third kappa shape index (κ3) is 3.00. The zero-order valence-corrected chi connectivity index (χ0v) is 14.0. The number of para-hydroxylation sites is 3. The zero-order valence-electron chi connectivity index (χ0n) is 14.0. The Hall–Kier alpha value is -2.75. The maximum absolute atomic E-state index is 11.4. The summed E-state index contributed by atoms with van der Waals surface area (Å²) in [5.41, 5.74) is 2.87. The molecule has 0 aliphatic heterocycles. The molecule has 0 atom stereocenters. The van der Waals surface area contributed by atoms with Crippen LogP contribution < -0.4 is 9.47 Å². The number of nitrogens with zero attached hydrogens (tertiary/aromatic N) is 1. The van der Waals surface area contributed by atoms with Crippen molar-refractivity contribution in [2.75, 3.05) is 13.7 Å². The summed E-state index contributed by atoms with van der Waals surface area (Å²) in [6.45, 7) is 3.38. The van der Waals surface area contributed by atoms with Crippen molar-refractivity contribution in [1.82, 2.24) is 4.57 Å². The fourth-order valence-electron chi connectivity index (χ4n) is 3.04. The van der Waals surface area contributed by atoms with Crippen molar-refractivity contribution >= 4 is 17.2 Å². The largest absolute Gasteiger partial charge is 0.493 e. The number of fused-ring (bicyclic) bond motifs is 1. The summed E-state index contributed by atoms with van der Waals surface area (Å²) in [4.78, 5) is 11.4. The first-order valence-corrected chi connectivity index (χ1v) is 8.05. The van der Waals surface area contributed by atoms with Crippen LogP contribution in [0.25, 0.3) is 10.9 Å². The molecule has 0 bridgehead atoms. The lowest BCUT2D eigenvalue weighted by molar-refractivity contribution is 0.112. The van der Waals surface area contributed by atoms with E-state index >= 15 is 0 Å². The van der Waals surface area contributed by atoms with Crippen LogP contribution in [0.4, 0.5) is 0 Å². The molecule has 24 heavy (non-hydrogen) atoms. The molecule has 0 N–H and O–H groups in total. The van der Waals surface area contributed by atoms with Crippen LogP contribution in [0, 0.1) is 6.92 Å². The summed E-state index contributed by atoms with van der Waals surface area (Å²) >= 11 is 0. The molecule has 0 unspecified atom stereocenters. The molecule has 124 valence electrons. The molecule has 0 saturated carbocycles. The quantitative estimate of drug-likeness (QED) is 0.482. The average molecular weight is 323 g/mol. The number of hydrogen-bond donors (Lipinski definition) is 0. The Bertz CT molecular complexity index is 851. The van der Waals surface area contributed by atoms with Crippen LogP contribution in [0.5, 0.6) is 11.5 Å². The molecule has 3 aromatic rings. The van der Waals surface area contributed by atoms with Gasteiger partial charge in [0.05, 0.1) is 13.7 Å². The van der Waals surface area contributed by atoms with Crippen LogP contribution in [-0.4, -0.2) is 24.6 Å². The minimum Gasteiger partial charge on any atom is -0.493 e. The minimum atomic E-state index is 0.586. The van der Waals surface area contributed by atoms with E-state index in [-0.39, 0.29) is 0 Å². The maximum Gasteiger partial charge on any atom is 0.161 e. The van der Waals surface area contributed by atoms with E-state index in [1.54, 1.807) is 7.11 Å². The second kappa shape index (κ2) is 7.21. The predicted octanol–water partition coefficient (Wildman–Crippen LogP) is 4.24. The van der Waals surface area contributed by atoms with Crippen molar-refractivity contribution in [3.05, 3.63) is 59.8 Å². The van der Waals surface area contributed by atoms with E-state index in [1.165, 1.54) is 0 Å². The number of carbonyl (C=O) groups excluding carboxylic acids is 1. The second-order valence-electron chi connectivity index (χ2n) is 5.64. The SMILES string of the molecule is COc1ccccc1OCCCn1c(C)c(C=O)c2ccccc21. The summed E-state index contributed by atoms with van der Waals surface area (Å²) < 4.78 is 13.3. The molecule has 0 saturated heterocycles. The number of ether oxygens (including phenoxy) is 2. The lowest BCUT2D eigenvalue weighted by Crippen LogP contribution is -2.06. The minimum absolute atomic E-state index is 0.586. The summed E-state index contributed by atoms with van der Waals surface area (Å²) in [6, 6.07) is 15.6. The molecule has 0 fully saturated rings. The van der Waals surface area contributed by atoms with E-state index < -0.39 is 0 Å². The predicted molar refractivity (Wildman–Crippen MR) is 95.2 cm³/mol. The molecule has 0 radical (unpaired) electrons. The number of aromatic nitrogens is 1. The number of benzene rings is 2. The van der Waals surface area contributed by atoms with Crippen molar-refractivity contribution in [3.8, 4) is 11.5 Å². The lowest BCUT2D eigenvalue weighted by atomic mass is 10.1. The van der Waals surface area contributed by atoms with Crippen molar-refractivity contribution in [2.24, 2.45) is 0 Å². The van der Waals surface area contributed by atoms with E-state index in [0.717, 1.165) is 52.9 Å². The first-order valence-electron chi connectivity index (χ1n) is 8.05. The Kier molecular flexibility index (Phi) is 4.85.